The second kappa shape index (κ2) is 13.6. The molecular weight excluding hydrogens is 525 g/mol. The first-order chi connectivity index (χ1) is 18.6. The molecule has 11 heteroatoms. The van der Waals surface area contributed by atoms with Crippen molar-refractivity contribution in [2.75, 3.05) is 33.0 Å². The molecule has 3 rings (SSSR count). The van der Waals surface area contributed by atoms with Crippen molar-refractivity contribution in [2.24, 2.45) is 0 Å². The zero-order valence-electron chi connectivity index (χ0n) is 22.9. The van der Waals surface area contributed by atoms with E-state index >= 15 is 0 Å². The standard InChI is InChI=1S/C28H36NO9P/c1-6-35-27(31)20(4)37-39(33,38-21-10-8-7-9-11-21)15-14-29-16-18(2)12-13-22-25(30)24-23(17-36-28(24)32)19(3)26(22)34-5/h7-12,20,29-30H,6,13-17H2,1-5H3/b18-12+. The van der Waals surface area contributed by atoms with Crippen LogP contribution in [0.2, 0.25) is 0 Å². The van der Waals surface area contributed by atoms with E-state index in [1.165, 1.54) is 14.0 Å². The number of hydrogen-bond donors (Lipinski definition) is 2. The molecule has 2 aromatic carbocycles. The Morgan fingerprint density at radius 2 is 2.00 bits per heavy atom. The molecule has 2 unspecified atom stereocenters. The Bertz CT molecular complexity index is 1260. The van der Waals surface area contributed by atoms with Gasteiger partial charge in [-0.05, 0) is 51.8 Å². The summed E-state index contributed by atoms with van der Waals surface area (Å²) in [6.45, 7) is 7.93. The number of phenols is 1. The lowest BCUT2D eigenvalue weighted by Gasteiger charge is -2.22. The number of carbonyl (C=O) groups is 2. The first-order valence-corrected chi connectivity index (χ1v) is 14.5. The maximum absolute atomic E-state index is 13.5. The molecule has 2 N–H and O–H groups in total. The van der Waals surface area contributed by atoms with Gasteiger partial charge in [0.2, 0.25) is 0 Å². The van der Waals surface area contributed by atoms with Gasteiger partial charge in [0.1, 0.15) is 29.4 Å². The third-order valence-electron chi connectivity index (χ3n) is 6.19. The molecule has 0 radical (unpaired) electrons. The van der Waals surface area contributed by atoms with Gasteiger partial charge in [-0.1, -0.05) is 29.8 Å². The molecule has 39 heavy (non-hydrogen) atoms. The second-order valence-electron chi connectivity index (χ2n) is 9.09. The van der Waals surface area contributed by atoms with E-state index in [0.717, 1.165) is 11.1 Å². The van der Waals surface area contributed by atoms with Crippen LogP contribution in [0.25, 0.3) is 0 Å². The first-order valence-electron chi connectivity index (χ1n) is 12.7. The molecule has 0 amide bonds. The van der Waals surface area contributed by atoms with Crippen LogP contribution in [-0.2, 0) is 36.4 Å². The molecule has 0 fully saturated rings. The molecule has 0 spiro atoms. The van der Waals surface area contributed by atoms with Crippen molar-refractivity contribution in [1.29, 1.82) is 0 Å². The van der Waals surface area contributed by atoms with Crippen molar-refractivity contribution in [3.8, 4) is 17.2 Å². The monoisotopic (exact) mass is 561 g/mol. The number of para-hydroxylation sites is 1. The number of fused-ring (bicyclic) bond motifs is 1. The van der Waals surface area contributed by atoms with Gasteiger partial charge in [-0.2, -0.15) is 0 Å². The van der Waals surface area contributed by atoms with Gasteiger partial charge in [0, 0.05) is 24.2 Å². The van der Waals surface area contributed by atoms with E-state index in [0.29, 0.717) is 35.6 Å². The van der Waals surface area contributed by atoms with Crippen LogP contribution < -0.4 is 14.6 Å². The van der Waals surface area contributed by atoms with Gasteiger partial charge in [-0.3, -0.25) is 4.52 Å². The Labute approximate surface area is 228 Å². The maximum Gasteiger partial charge on any atom is 0.381 e. The SMILES string of the molecule is CCOC(=O)C(C)OP(=O)(CCNC/C(C)=C/Cc1c(O)c2c(c(C)c1OC)COC2=O)Oc1ccccc1. The zero-order valence-corrected chi connectivity index (χ0v) is 23.8. The molecule has 0 aromatic heterocycles. The predicted molar refractivity (Wildman–Crippen MR) is 146 cm³/mol. The molecule has 1 aliphatic heterocycles. The van der Waals surface area contributed by atoms with Crippen molar-refractivity contribution in [3.05, 3.63) is 64.2 Å². The molecule has 10 nitrogen and oxygen atoms in total. The Kier molecular flexibility index (Phi) is 10.6. The average Bonchev–Trinajstić information content (AvgIpc) is 3.30. The lowest BCUT2D eigenvalue weighted by atomic mass is 9.95. The van der Waals surface area contributed by atoms with Gasteiger partial charge in [-0.25, -0.2) is 14.2 Å². The van der Waals surface area contributed by atoms with E-state index in [-0.39, 0.29) is 37.2 Å². The van der Waals surface area contributed by atoms with Gasteiger partial charge < -0.3 is 29.2 Å². The summed E-state index contributed by atoms with van der Waals surface area (Å²) in [6.07, 6.45) is 1.20. The van der Waals surface area contributed by atoms with Gasteiger partial charge in [0.25, 0.3) is 0 Å². The van der Waals surface area contributed by atoms with Gasteiger partial charge in [0.15, 0.2) is 6.10 Å². The summed E-state index contributed by atoms with van der Waals surface area (Å²) < 4.78 is 40.4. The number of aromatic hydroxyl groups is 1. The summed E-state index contributed by atoms with van der Waals surface area (Å²) in [5, 5.41) is 14.0. The number of carbonyl (C=O) groups excluding carboxylic acids is 2. The molecule has 0 saturated heterocycles. The molecule has 212 valence electrons. The number of hydrogen-bond acceptors (Lipinski definition) is 10. The smallest absolute Gasteiger partial charge is 0.381 e. The lowest BCUT2D eigenvalue weighted by Crippen LogP contribution is -2.26. The highest BCUT2D eigenvalue weighted by atomic mass is 31.2. The molecule has 1 aliphatic rings. The summed E-state index contributed by atoms with van der Waals surface area (Å²) in [4.78, 5) is 24.2. The first kappa shape index (κ1) is 30.2. The van der Waals surface area contributed by atoms with E-state index in [4.69, 9.17) is 23.3 Å². The summed E-state index contributed by atoms with van der Waals surface area (Å²) >= 11 is 0. The zero-order chi connectivity index (χ0) is 28.6. The minimum absolute atomic E-state index is 0.0136. The molecule has 2 aromatic rings. The topological polar surface area (TPSA) is 130 Å². The van der Waals surface area contributed by atoms with E-state index in [1.807, 2.05) is 26.0 Å². The Morgan fingerprint density at radius 3 is 2.67 bits per heavy atom. The fourth-order valence-corrected chi connectivity index (χ4v) is 5.87. The number of cyclic esters (lactones) is 1. The highest BCUT2D eigenvalue weighted by molar-refractivity contribution is 7.54. The Morgan fingerprint density at radius 1 is 1.28 bits per heavy atom. The molecule has 0 bridgehead atoms. The van der Waals surface area contributed by atoms with Gasteiger partial charge in [-0.15, -0.1) is 0 Å². The number of methoxy groups -OCH3 is 1. The van der Waals surface area contributed by atoms with Crippen LogP contribution in [0.1, 0.15) is 47.8 Å². The van der Waals surface area contributed by atoms with Crippen LogP contribution in [0.5, 0.6) is 17.2 Å². The van der Waals surface area contributed by atoms with Gasteiger partial charge >= 0.3 is 19.5 Å². The number of ether oxygens (including phenoxy) is 3. The number of benzene rings is 2. The number of nitrogens with one attached hydrogen (secondary N) is 1. The number of esters is 2. The Hall–Kier alpha value is -3.33. The third kappa shape index (κ3) is 7.62. The van der Waals surface area contributed by atoms with Crippen LogP contribution in [0, 0.1) is 6.92 Å². The minimum Gasteiger partial charge on any atom is -0.507 e. The fourth-order valence-electron chi connectivity index (χ4n) is 4.18. The van der Waals surface area contributed by atoms with E-state index in [2.05, 4.69) is 5.32 Å². The minimum atomic E-state index is -3.71. The van der Waals surface area contributed by atoms with Crippen molar-refractivity contribution in [1.82, 2.24) is 5.32 Å². The van der Waals surface area contributed by atoms with Crippen LogP contribution in [-0.4, -0.2) is 56.1 Å². The second-order valence-corrected chi connectivity index (χ2v) is 11.1. The van der Waals surface area contributed by atoms with E-state index in [1.54, 1.807) is 31.2 Å². The van der Waals surface area contributed by atoms with Crippen LogP contribution in [0.3, 0.4) is 0 Å². The van der Waals surface area contributed by atoms with Crippen LogP contribution >= 0.6 is 7.60 Å². The molecule has 2 atom stereocenters. The van der Waals surface area contributed by atoms with Crippen molar-refractivity contribution in [3.63, 3.8) is 0 Å². The number of phenolic OH excluding ortho intramolecular Hbond substituents is 1. The highest BCUT2D eigenvalue weighted by Gasteiger charge is 2.33. The van der Waals surface area contributed by atoms with Gasteiger partial charge in [0.05, 0.1) is 19.9 Å². The maximum atomic E-state index is 13.5. The molecule has 1 heterocycles. The van der Waals surface area contributed by atoms with Crippen LogP contribution in [0.15, 0.2) is 42.0 Å². The van der Waals surface area contributed by atoms with Crippen molar-refractivity contribution < 1.29 is 42.5 Å². The van der Waals surface area contributed by atoms with E-state index < -0.39 is 25.6 Å². The highest BCUT2D eigenvalue weighted by Crippen LogP contribution is 2.49. The summed E-state index contributed by atoms with van der Waals surface area (Å²) in [7, 11) is -2.19. The summed E-state index contributed by atoms with van der Waals surface area (Å²) in [6, 6.07) is 8.63. The van der Waals surface area contributed by atoms with Crippen molar-refractivity contribution >= 4 is 19.5 Å². The van der Waals surface area contributed by atoms with E-state index in [9.17, 15) is 19.3 Å². The molecular formula is C28H36NO9P. The van der Waals surface area contributed by atoms with Crippen molar-refractivity contribution in [2.45, 2.75) is 46.8 Å². The quantitative estimate of drug-likeness (QED) is 0.145. The number of rotatable bonds is 14. The fraction of sp³-hybridized carbons (Fsp3) is 0.429. The third-order valence-corrected chi connectivity index (χ3v) is 8.09. The normalized spacial score (nSPS) is 15.2. The lowest BCUT2D eigenvalue weighted by molar-refractivity contribution is -0.150. The summed E-state index contributed by atoms with van der Waals surface area (Å²) in [5.41, 5.74) is 3.05. The predicted octanol–water partition coefficient (Wildman–Crippen LogP) is 4.70. The average molecular weight is 562 g/mol. The Balaban J connectivity index is 1.64. The largest absolute Gasteiger partial charge is 0.507 e. The molecule has 0 saturated carbocycles. The number of allylic oxidation sites excluding steroid dienone is 1. The van der Waals surface area contributed by atoms with Crippen LogP contribution in [0.4, 0.5) is 0 Å². The summed E-state index contributed by atoms with van der Waals surface area (Å²) in [5.74, 6) is -0.393. The molecule has 0 aliphatic carbocycles.